The summed E-state index contributed by atoms with van der Waals surface area (Å²) in [5.41, 5.74) is 0. The van der Waals surface area contributed by atoms with E-state index in [1.807, 2.05) is 0 Å². The third-order valence-electron chi connectivity index (χ3n) is 1.89. The molecular formula is C10H19F3O. The van der Waals surface area contributed by atoms with E-state index in [4.69, 9.17) is 4.74 Å². The molecule has 14 heavy (non-hydrogen) atoms. The molecule has 0 rings (SSSR count). The summed E-state index contributed by atoms with van der Waals surface area (Å²) in [6.45, 7) is 2.94. The lowest BCUT2D eigenvalue weighted by atomic mass is 10.2. The van der Waals surface area contributed by atoms with Gasteiger partial charge in [0.2, 0.25) is 0 Å². The first-order chi connectivity index (χ1) is 6.56. The highest BCUT2D eigenvalue weighted by molar-refractivity contribution is 4.49. The second kappa shape index (κ2) is 8.09. The van der Waals surface area contributed by atoms with E-state index in [1.165, 1.54) is 6.42 Å². The Bertz CT molecular complexity index is 123. The summed E-state index contributed by atoms with van der Waals surface area (Å²) in [4.78, 5) is 0. The zero-order valence-corrected chi connectivity index (χ0v) is 8.70. The first kappa shape index (κ1) is 13.8. The summed E-state index contributed by atoms with van der Waals surface area (Å²) in [5, 5.41) is 0. The Labute approximate surface area is 83.6 Å². The Balaban J connectivity index is 2.99. The Kier molecular flexibility index (Phi) is 7.95. The molecule has 0 aromatic carbocycles. The maximum absolute atomic E-state index is 11.7. The van der Waals surface area contributed by atoms with Gasteiger partial charge in [-0.2, -0.15) is 13.2 Å². The smallest absolute Gasteiger partial charge is 0.381 e. The number of hydrogen-bond acceptors (Lipinski definition) is 1. The van der Waals surface area contributed by atoms with Crippen molar-refractivity contribution >= 4 is 0 Å². The monoisotopic (exact) mass is 212 g/mol. The predicted molar refractivity (Wildman–Crippen MR) is 50.3 cm³/mol. The highest BCUT2D eigenvalue weighted by atomic mass is 19.4. The first-order valence-corrected chi connectivity index (χ1v) is 5.20. The van der Waals surface area contributed by atoms with Crippen LogP contribution in [-0.4, -0.2) is 19.4 Å². The molecule has 0 fully saturated rings. The van der Waals surface area contributed by atoms with Gasteiger partial charge in [0.1, 0.15) is 0 Å². The van der Waals surface area contributed by atoms with Crippen LogP contribution in [0.2, 0.25) is 0 Å². The fourth-order valence-corrected chi connectivity index (χ4v) is 1.11. The zero-order valence-electron chi connectivity index (χ0n) is 8.70. The van der Waals surface area contributed by atoms with E-state index in [-0.39, 0.29) is 13.0 Å². The van der Waals surface area contributed by atoms with Crippen LogP contribution in [0.15, 0.2) is 0 Å². The first-order valence-electron chi connectivity index (χ1n) is 5.20. The lowest BCUT2D eigenvalue weighted by Gasteiger charge is -2.06. The molecule has 86 valence electrons. The molecule has 0 unspecified atom stereocenters. The highest BCUT2D eigenvalue weighted by Crippen LogP contribution is 2.20. The maximum Gasteiger partial charge on any atom is 0.389 e. The minimum Gasteiger partial charge on any atom is -0.381 e. The van der Waals surface area contributed by atoms with Crippen LogP contribution in [0.5, 0.6) is 0 Å². The van der Waals surface area contributed by atoms with Gasteiger partial charge in [0.25, 0.3) is 0 Å². The quantitative estimate of drug-likeness (QED) is 0.554. The molecule has 1 nitrogen and oxygen atoms in total. The zero-order chi connectivity index (χ0) is 10.9. The van der Waals surface area contributed by atoms with E-state index in [0.717, 1.165) is 19.3 Å². The van der Waals surface area contributed by atoms with Crippen LogP contribution in [0, 0.1) is 0 Å². The SMILES string of the molecule is CCCCCCOCCCC(F)(F)F. The summed E-state index contributed by atoms with van der Waals surface area (Å²) in [5.74, 6) is 0. The average Bonchev–Trinajstić information content (AvgIpc) is 2.08. The summed E-state index contributed by atoms with van der Waals surface area (Å²) in [6.07, 6.45) is -0.291. The van der Waals surface area contributed by atoms with Gasteiger partial charge < -0.3 is 4.74 Å². The van der Waals surface area contributed by atoms with Crippen molar-refractivity contribution in [2.24, 2.45) is 0 Å². The van der Waals surface area contributed by atoms with Crippen molar-refractivity contribution in [2.75, 3.05) is 13.2 Å². The Morgan fingerprint density at radius 2 is 1.57 bits per heavy atom. The number of ether oxygens (including phenoxy) is 1. The molecule has 0 saturated carbocycles. The van der Waals surface area contributed by atoms with Crippen molar-refractivity contribution in [1.29, 1.82) is 0 Å². The van der Waals surface area contributed by atoms with Gasteiger partial charge >= 0.3 is 6.18 Å². The molecule has 0 aliphatic heterocycles. The molecule has 0 spiro atoms. The molecule has 4 heteroatoms. The largest absolute Gasteiger partial charge is 0.389 e. The van der Waals surface area contributed by atoms with Gasteiger partial charge in [-0.1, -0.05) is 26.2 Å². The Morgan fingerprint density at radius 1 is 0.929 bits per heavy atom. The van der Waals surface area contributed by atoms with Crippen LogP contribution >= 0.6 is 0 Å². The van der Waals surface area contributed by atoms with E-state index in [9.17, 15) is 13.2 Å². The van der Waals surface area contributed by atoms with Crippen molar-refractivity contribution in [3.8, 4) is 0 Å². The predicted octanol–water partition coefficient (Wildman–Crippen LogP) is 3.93. The molecule has 0 aromatic heterocycles. The van der Waals surface area contributed by atoms with Crippen LogP contribution < -0.4 is 0 Å². The summed E-state index contributed by atoms with van der Waals surface area (Å²) in [7, 11) is 0. The van der Waals surface area contributed by atoms with Crippen LogP contribution in [0.25, 0.3) is 0 Å². The van der Waals surface area contributed by atoms with Crippen LogP contribution in [-0.2, 0) is 4.74 Å². The standard InChI is InChI=1S/C10H19F3O/c1-2-3-4-5-8-14-9-6-7-10(11,12)13/h2-9H2,1H3. The Morgan fingerprint density at radius 3 is 2.14 bits per heavy atom. The topological polar surface area (TPSA) is 9.23 Å². The van der Waals surface area contributed by atoms with Crippen molar-refractivity contribution < 1.29 is 17.9 Å². The molecule has 0 atom stereocenters. The van der Waals surface area contributed by atoms with Crippen molar-refractivity contribution in [3.05, 3.63) is 0 Å². The van der Waals surface area contributed by atoms with E-state index >= 15 is 0 Å². The Hall–Kier alpha value is -0.250. The molecule has 0 heterocycles. The average molecular weight is 212 g/mol. The molecule has 0 saturated heterocycles. The van der Waals surface area contributed by atoms with E-state index < -0.39 is 12.6 Å². The van der Waals surface area contributed by atoms with Crippen molar-refractivity contribution in [1.82, 2.24) is 0 Å². The van der Waals surface area contributed by atoms with Crippen LogP contribution in [0.4, 0.5) is 13.2 Å². The third kappa shape index (κ3) is 11.8. The molecule has 0 aliphatic carbocycles. The fraction of sp³-hybridized carbons (Fsp3) is 1.00. The number of alkyl halides is 3. The van der Waals surface area contributed by atoms with Crippen LogP contribution in [0.3, 0.4) is 0 Å². The van der Waals surface area contributed by atoms with Gasteiger partial charge in [0, 0.05) is 19.6 Å². The summed E-state index contributed by atoms with van der Waals surface area (Å²) in [6, 6.07) is 0. The van der Waals surface area contributed by atoms with Gasteiger partial charge in [0.05, 0.1) is 0 Å². The lowest BCUT2D eigenvalue weighted by Crippen LogP contribution is -2.09. The van der Waals surface area contributed by atoms with E-state index in [1.54, 1.807) is 0 Å². The number of halogens is 3. The highest BCUT2D eigenvalue weighted by Gasteiger charge is 2.25. The van der Waals surface area contributed by atoms with Gasteiger partial charge in [-0.15, -0.1) is 0 Å². The third-order valence-corrected chi connectivity index (χ3v) is 1.89. The molecule has 0 aromatic rings. The maximum atomic E-state index is 11.7. The minimum atomic E-state index is -4.04. The molecule has 0 radical (unpaired) electrons. The van der Waals surface area contributed by atoms with Gasteiger partial charge in [-0.25, -0.2) is 0 Å². The summed E-state index contributed by atoms with van der Waals surface area (Å²) >= 11 is 0. The molecule has 0 N–H and O–H groups in total. The fourth-order valence-electron chi connectivity index (χ4n) is 1.11. The summed E-state index contributed by atoms with van der Waals surface area (Å²) < 4.78 is 40.1. The van der Waals surface area contributed by atoms with E-state index in [2.05, 4.69) is 6.92 Å². The normalized spacial score (nSPS) is 12.0. The minimum absolute atomic E-state index is 0.0806. The van der Waals surface area contributed by atoms with Gasteiger partial charge in [0.15, 0.2) is 0 Å². The molecule has 0 aliphatic rings. The second-order valence-corrected chi connectivity index (χ2v) is 3.39. The van der Waals surface area contributed by atoms with Gasteiger partial charge in [-0.05, 0) is 12.8 Å². The van der Waals surface area contributed by atoms with Crippen molar-refractivity contribution in [3.63, 3.8) is 0 Å². The molecule has 0 amide bonds. The van der Waals surface area contributed by atoms with E-state index in [0.29, 0.717) is 6.61 Å². The van der Waals surface area contributed by atoms with Gasteiger partial charge in [-0.3, -0.25) is 0 Å². The number of unbranched alkanes of at least 4 members (excludes halogenated alkanes) is 3. The molecule has 0 bridgehead atoms. The lowest BCUT2D eigenvalue weighted by molar-refractivity contribution is -0.137. The number of rotatable bonds is 8. The second-order valence-electron chi connectivity index (χ2n) is 3.39. The van der Waals surface area contributed by atoms with Crippen LogP contribution in [0.1, 0.15) is 45.4 Å². The van der Waals surface area contributed by atoms with Crippen molar-refractivity contribution in [2.45, 2.75) is 51.6 Å². The number of hydrogen-bond donors (Lipinski definition) is 0. The molecular weight excluding hydrogens is 193 g/mol.